The summed E-state index contributed by atoms with van der Waals surface area (Å²) in [5.74, 6) is 0.170. The average Bonchev–Trinajstić information content (AvgIpc) is 2.53. The molecule has 0 saturated carbocycles. The van der Waals surface area contributed by atoms with Gasteiger partial charge in [-0.25, -0.2) is 4.79 Å². The predicted molar refractivity (Wildman–Crippen MR) is 73.9 cm³/mol. The summed E-state index contributed by atoms with van der Waals surface area (Å²) >= 11 is 0. The number of carbonyl (C=O) groups is 2. The molecule has 0 aliphatic carbocycles. The fraction of sp³-hybridized carbons (Fsp3) is 0.125. The van der Waals surface area contributed by atoms with Crippen LogP contribution in [0.1, 0.15) is 26.3 Å². The molecule has 4 nitrogen and oxygen atoms in total. The Kier molecular flexibility index (Phi) is 4.50. The van der Waals surface area contributed by atoms with Crippen molar-refractivity contribution in [3.05, 3.63) is 65.2 Å². The average molecular weight is 270 g/mol. The second kappa shape index (κ2) is 6.52. The number of benzene rings is 2. The number of aldehydes is 1. The number of methoxy groups -OCH3 is 1. The van der Waals surface area contributed by atoms with Crippen LogP contribution in [-0.2, 0) is 11.3 Å². The van der Waals surface area contributed by atoms with Crippen molar-refractivity contribution in [2.45, 2.75) is 6.61 Å². The summed E-state index contributed by atoms with van der Waals surface area (Å²) in [6.45, 7) is 0.326. The molecular formula is C16H14O4. The molecule has 102 valence electrons. The molecule has 0 aromatic heterocycles. The SMILES string of the molecule is COC(=O)c1ccc(COc2ccccc2C=O)cc1. The van der Waals surface area contributed by atoms with Crippen LogP contribution >= 0.6 is 0 Å². The van der Waals surface area contributed by atoms with Crippen molar-refractivity contribution < 1.29 is 19.1 Å². The van der Waals surface area contributed by atoms with E-state index in [0.29, 0.717) is 23.5 Å². The summed E-state index contributed by atoms with van der Waals surface area (Å²) in [4.78, 5) is 22.2. The largest absolute Gasteiger partial charge is 0.488 e. The topological polar surface area (TPSA) is 52.6 Å². The van der Waals surface area contributed by atoms with E-state index in [0.717, 1.165) is 11.8 Å². The summed E-state index contributed by atoms with van der Waals surface area (Å²) in [5, 5.41) is 0. The Morgan fingerprint density at radius 1 is 1.10 bits per heavy atom. The molecule has 0 spiro atoms. The first kappa shape index (κ1) is 13.8. The van der Waals surface area contributed by atoms with Crippen molar-refractivity contribution in [2.24, 2.45) is 0 Å². The molecule has 0 atom stereocenters. The highest BCUT2D eigenvalue weighted by atomic mass is 16.5. The van der Waals surface area contributed by atoms with E-state index in [-0.39, 0.29) is 5.97 Å². The summed E-state index contributed by atoms with van der Waals surface area (Å²) in [6, 6.07) is 14.0. The van der Waals surface area contributed by atoms with Gasteiger partial charge in [-0.3, -0.25) is 4.79 Å². The molecule has 0 unspecified atom stereocenters. The third-order valence-electron chi connectivity index (χ3n) is 2.82. The van der Waals surface area contributed by atoms with Crippen LogP contribution < -0.4 is 4.74 Å². The Labute approximate surface area is 116 Å². The highest BCUT2D eigenvalue weighted by molar-refractivity contribution is 5.89. The van der Waals surface area contributed by atoms with Gasteiger partial charge < -0.3 is 9.47 Å². The Morgan fingerprint density at radius 3 is 2.45 bits per heavy atom. The Bertz CT molecular complexity index is 602. The van der Waals surface area contributed by atoms with Crippen molar-refractivity contribution in [2.75, 3.05) is 7.11 Å². The lowest BCUT2D eigenvalue weighted by atomic mass is 10.1. The summed E-state index contributed by atoms with van der Waals surface area (Å²) in [6.07, 6.45) is 0.760. The molecule has 4 heteroatoms. The second-order valence-electron chi connectivity index (χ2n) is 4.13. The van der Waals surface area contributed by atoms with Crippen LogP contribution in [0.15, 0.2) is 48.5 Å². The van der Waals surface area contributed by atoms with Gasteiger partial charge in [0.25, 0.3) is 0 Å². The Morgan fingerprint density at radius 2 is 1.80 bits per heavy atom. The van der Waals surface area contributed by atoms with Gasteiger partial charge in [0, 0.05) is 0 Å². The number of ether oxygens (including phenoxy) is 2. The van der Waals surface area contributed by atoms with Gasteiger partial charge >= 0.3 is 5.97 Å². The van der Waals surface area contributed by atoms with Crippen molar-refractivity contribution in [1.29, 1.82) is 0 Å². The minimum Gasteiger partial charge on any atom is -0.488 e. The van der Waals surface area contributed by atoms with Gasteiger partial charge in [0.2, 0.25) is 0 Å². The van der Waals surface area contributed by atoms with Crippen LogP contribution in [0.25, 0.3) is 0 Å². The number of esters is 1. The smallest absolute Gasteiger partial charge is 0.337 e. The standard InChI is InChI=1S/C16H14O4/c1-19-16(18)13-8-6-12(7-9-13)11-20-15-5-3-2-4-14(15)10-17/h2-10H,11H2,1H3. The molecule has 0 radical (unpaired) electrons. The molecule has 2 aromatic carbocycles. The highest BCUT2D eigenvalue weighted by Crippen LogP contribution is 2.17. The third-order valence-corrected chi connectivity index (χ3v) is 2.82. The number of hydrogen-bond donors (Lipinski definition) is 0. The van der Waals surface area contributed by atoms with E-state index < -0.39 is 0 Å². The first-order valence-electron chi connectivity index (χ1n) is 6.09. The molecule has 2 aromatic rings. The van der Waals surface area contributed by atoms with E-state index in [2.05, 4.69) is 4.74 Å². The van der Waals surface area contributed by atoms with Crippen LogP contribution in [0.4, 0.5) is 0 Å². The number of rotatable bonds is 5. The number of para-hydroxylation sites is 1. The van der Waals surface area contributed by atoms with Gasteiger partial charge in [0.1, 0.15) is 12.4 Å². The molecule has 0 aliphatic heterocycles. The van der Waals surface area contributed by atoms with Crippen LogP contribution in [0, 0.1) is 0 Å². The normalized spacial score (nSPS) is 9.85. The lowest BCUT2D eigenvalue weighted by Crippen LogP contribution is -2.02. The molecule has 0 amide bonds. The fourth-order valence-electron chi connectivity index (χ4n) is 1.73. The van der Waals surface area contributed by atoms with Crippen molar-refractivity contribution in [3.63, 3.8) is 0 Å². The molecule has 0 fully saturated rings. The van der Waals surface area contributed by atoms with E-state index >= 15 is 0 Å². The van der Waals surface area contributed by atoms with E-state index in [1.54, 1.807) is 42.5 Å². The predicted octanol–water partition coefficient (Wildman–Crippen LogP) is 2.86. The van der Waals surface area contributed by atoms with E-state index in [1.165, 1.54) is 7.11 Å². The van der Waals surface area contributed by atoms with Gasteiger partial charge in [-0.1, -0.05) is 24.3 Å². The lowest BCUT2D eigenvalue weighted by molar-refractivity contribution is 0.0600. The van der Waals surface area contributed by atoms with E-state index in [9.17, 15) is 9.59 Å². The molecule has 20 heavy (non-hydrogen) atoms. The first-order valence-corrected chi connectivity index (χ1v) is 6.09. The molecule has 0 saturated heterocycles. The van der Waals surface area contributed by atoms with E-state index in [4.69, 9.17) is 4.74 Å². The minimum absolute atomic E-state index is 0.326. The van der Waals surface area contributed by atoms with Gasteiger partial charge in [-0.2, -0.15) is 0 Å². The maximum atomic E-state index is 11.3. The van der Waals surface area contributed by atoms with Crippen molar-refractivity contribution in [1.82, 2.24) is 0 Å². The van der Waals surface area contributed by atoms with Crippen LogP contribution in [0.3, 0.4) is 0 Å². The molecule has 0 bridgehead atoms. The quantitative estimate of drug-likeness (QED) is 0.619. The molecule has 0 aliphatic rings. The zero-order valence-corrected chi connectivity index (χ0v) is 11.0. The number of carbonyl (C=O) groups excluding carboxylic acids is 2. The Balaban J connectivity index is 2.04. The molecule has 2 rings (SSSR count). The molecular weight excluding hydrogens is 256 g/mol. The Hall–Kier alpha value is -2.62. The minimum atomic E-state index is -0.372. The van der Waals surface area contributed by atoms with Crippen LogP contribution in [0.2, 0.25) is 0 Å². The summed E-state index contributed by atoms with van der Waals surface area (Å²) in [7, 11) is 1.34. The second-order valence-corrected chi connectivity index (χ2v) is 4.13. The van der Waals surface area contributed by atoms with Gasteiger partial charge in [-0.15, -0.1) is 0 Å². The maximum absolute atomic E-state index is 11.3. The third kappa shape index (κ3) is 3.23. The zero-order valence-electron chi connectivity index (χ0n) is 11.0. The maximum Gasteiger partial charge on any atom is 0.337 e. The van der Waals surface area contributed by atoms with Crippen molar-refractivity contribution >= 4 is 12.3 Å². The first-order chi connectivity index (χ1) is 9.74. The molecule has 0 heterocycles. The van der Waals surface area contributed by atoms with Gasteiger partial charge in [0.15, 0.2) is 6.29 Å². The van der Waals surface area contributed by atoms with E-state index in [1.807, 2.05) is 6.07 Å². The molecule has 0 N–H and O–H groups in total. The van der Waals surface area contributed by atoms with Crippen molar-refractivity contribution in [3.8, 4) is 5.75 Å². The van der Waals surface area contributed by atoms with Crippen LogP contribution in [0.5, 0.6) is 5.75 Å². The lowest BCUT2D eigenvalue weighted by Gasteiger charge is -2.08. The summed E-state index contributed by atoms with van der Waals surface area (Å²) < 4.78 is 10.2. The van der Waals surface area contributed by atoms with Crippen LogP contribution in [-0.4, -0.2) is 19.4 Å². The zero-order chi connectivity index (χ0) is 14.4. The van der Waals surface area contributed by atoms with Gasteiger partial charge in [0.05, 0.1) is 18.2 Å². The fourth-order valence-corrected chi connectivity index (χ4v) is 1.73. The highest BCUT2D eigenvalue weighted by Gasteiger charge is 2.05. The number of hydrogen-bond acceptors (Lipinski definition) is 4. The monoisotopic (exact) mass is 270 g/mol. The van der Waals surface area contributed by atoms with Gasteiger partial charge in [-0.05, 0) is 29.8 Å². The summed E-state index contributed by atoms with van der Waals surface area (Å²) in [5.41, 5.74) is 1.90.